The van der Waals surface area contributed by atoms with Gasteiger partial charge in [-0.1, -0.05) is 46.0 Å². The molecule has 0 aliphatic carbocycles. The van der Waals surface area contributed by atoms with Gasteiger partial charge in [-0.2, -0.15) is 0 Å². The van der Waals surface area contributed by atoms with Crippen molar-refractivity contribution in [2.24, 2.45) is 0 Å². The Labute approximate surface area is 108 Å². The Bertz CT molecular complexity index is 112. The summed E-state index contributed by atoms with van der Waals surface area (Å²) < 4.78 is 11.0. The summed E-state index contributed by atoms with van der Waals surface area (Å²) in [5.41, 5.74) is 0. The van der Waals surface area contributed by atoms with Crippen LogP contribution in [0, 0.1) is 0 Å². The van der Waals surface area contributed by atoms with Gasteiger partial charge in [0.15, 0.2) is 0 Å². The second kappa shape index (κ2) is 15.9. The third kappa shape index (κ3) is 15.9. The van der Waals surface area contributed by atoms with Crippen LogP contribution in [0.5, 0.6) is 0 Å². The first-order valence-electron chi connectivity index (χ1n) is 7.57. The zero-order valence-electron chi connectivity index (χ0n) is 12.0. The molecule has 0 unspecified atom stereocenters. The first kappa shape index (κ1) is 16.9. The maximum absolute atomic E-state index is 5.52. The SMILES string of the molecule is CCCCOCCCCCCCOCCCC. The smallest absolute Gasteiger partial charge is 0.0466 e. The Morgan fingerprint density at radius 2 is 0.824 bits per heavy atom. The molecule has 17 heavy (non-hydrogen) atoms. The number of rotatable bonds is 14. The summed E-state index contributed by atoms with van der Waals surface area (Å²) in [5.74, 6) is 0. The molecular weight excluding hydrogens is 212 g/mol. The fraction of sp³-hybridized carbons (Fsp3) is 1.00. The van der Waals surface area contributed by atoms with Crippen LogP contribution in [0.15, 0.2) is 0 Å². The Morgan fingerprint density at radius 1 is 0.471 bits per heavy atom. The second-order valence-electron chi connectivity index (χ2n) is 4.70. The number of unbranched alkanes of at least 4 members (excludes halogenated alkanes) is 6. The van der Waals surface area contributed by atoms with Gasteiger partial charge in [0.2, 0.25) is 0 Å². The van der Waals surface area contributed by atoms with E-state index in [4.69, 9.17) is 9.47 Å². The zero-order valence-corrected chi connectivity index (χ0v) is 12.0. The van der Waals surface area contributed by atoms with Gasteiger partial charge >= 0.3 is 0 Å². The molecule has 0 radical (unpaired) electrons. The molecule has 0 atom stereocenters. The fourth-order valence-corrected chi connectivity index (χ4v) is 1.64. The van der Waals surface area contributed by atoms with Crippen molar-refractivity contribution in [2.75, 3.05) is 26.4 Å². The van der Waals surface area contributed by atoms with E-state index in [1.54, 1.807) is 0 Å². The number of ether oxygens (including phenoxy) is 2. The Hall–Kier alpha value is -0.0800. The van der Waals surface area contributed by atoms with E-state index < -0.39 is 0 Å². The lowest BCUT2D eigenvalue weighted by atomic mass is 10.1. The summed E-state index contributed by atoms with van der Waals surface area (Å²) in [6.07, 6.45) is 11.3. The Kier molecular flexibility index (Phi) is 15.8. The van der Waals surface area contributed by atoms with E-state index in [-0.39, 0.29) is 0 Å². The van der Waals surface area contributed by atoms with Crippen LogP contribution in [0.1, 0.15) is 71.6 Å². The van der Waals surface area contributed by atoms with Gasteiger partial charge in [0.05, 0.1) is 0 Å². The molecule has 0 aliphatic rings. The van der Waals surface area contributed by atoms with Crippen molar-refractivity contribution >= 4 is 0 Å². The highest BCUT2D eigenvalue weighted by atomic mass is 16.5. The molecule has 0 amide bonds. The lowest BCUT2D eigenvalue weighted by molar-refractivity contribution is 0.122. The normalized spacial score (nSPS) is 10.9. The Balaban J connectivity index is 2.85. The molecule has 0 heterocycles. The van der Waals surface area contributed by atoms with Gasteiger partial charge in [-0.3, -0.25) is 0 Å². The van der Waals surface area contributed by atoms with Crippen LogP contribution in [-0.2, 0) is 9.47 Å². The molecule has 0 rings (SSSR count). The third-order valence-electron chi connectivity index (χ3n) is 2.86. The highest BCUT2D eigenvalue weighted by Gasteiger charge is 1.92. The van der Waals surface area contributed by atoms with Gasteiger partial charge in [-0.25, -0.2) is 0 Å². The van der Waals surface area contributed by atoms with Crippen LogP contribution >= 0.6 is 0 Å². The minimum atomic E-state index is 0.946. The average molecular weight is 244 g/mol. The van der Waals surface area contributed by atoms with Gasteiger partial charge in [-0.15, -0.1) is 0 Å². The topological polar surface area (TPSA) is 18.5 Å². The highest BCUT2D eigenvalue weighted by molar-refractivity contribution is 4.44. The lowest BCUT2D eigenvalue weighted by Gasteiger charge is -2.04. The lowest BCUT2D eigenvalue weighted by Crippen LogP contribution is -1.98. The van der Waals surface area contributed by atoms with Crippen LogP contribution in [0.25, 0.3) is 0 Å². The first-order chi connectivity index (χ1) is 8.41. The molecule has 0 bridgehead atoms. The standard InChI is InChI=1S/C15H32O2/c1-3-5-12-16-14-10-8-7-9-11-15-17-13-6-4-2/h3-15H2,1-2H3. The molecule has 104 valence electrons. The van der Waals surface area contributed by atoms with E-state index in [9.17, 15) is 0 Å². The molecule has 2 nitrogen and oxygen atoms in total. The summed E-state index contributed by atoms with van der Waals surface area (Å²) in [6.45, 7) is 8.20. The van der Waals surface area contributed by atoms with Crippen LogP contribution in [0.4, 0.5) is 0 Å². The van der Waals surface area contributed by atoms with Crippen molar-refractivity contribution in [1.82, 2.24) is 0 Å². The molecule has 0 saturated heterocycles. The quantitative estimate of drug-likeness (QED) is 0.417. The van der Waals surface area contributed by atoms with Crippen LogP contribution in [0.3, 0.4) is 0 Å². The maximum Gasteiger partial charge on any atom is 0.0466 e. The van der Waals surface area contributed by atoms with Crippen molar-refractivity contribution in [2.45, 2.75) is 71.6 Å². The van der Waals surface area contributed by atoms with E-state index in [1.807, 2.05) is 0 Å². The largest absolute Gasteiger partial charge is 0.381 e. The predicted molar refractivity (Wildman–Crippen MR) is 74.5 cm³/mol. The Morgan fingerprint density at radius 3 is 1.24 bits per heavy atom. The van der Waals surface area contributed by atoms with Crippen molar-refractivity contribution in [3.8, 4) is 0 Å². The maximum atomic E-state index is 5.52. The highest BCUT2D eigenvalue weighted by Crippen LogP contribution is 2.04. The van der Waals surface area contributed by atoms with E-state index in [1.165, 1.54) is 57.8 Å². The molecule has 0 spiro atoms. The van der Waals surface area contributed by atoms with Gasteiger partial charge < -0.3 is 9.47 Å². The van der Waals surface area contributed by atoms with Crippen molar-refractivity contribution < 1.29 is 9.47 Å². The number of hydrogen-bond donors (Lipinski definition) is 0. The van der Waals surface area contributed by atoms with Crippen molar-refractivity contribution in [3.63, 3.8) is 0 Å². The second-order valence-corrected chi connectivity index (χ2v) is 4.70. The predicted octanol–water partition coefficient (Wildman–Crippen LogP) is 4.57. The molecule has 0 fully saturated rings. The molecule has 0 aromatic carbocycles. The molecule has 0 saturated carbocycles. The van der Waals surface area contributed by atoms with E-state index >= 15 is 0 Å². The molecule has 0 aromatic rings. The van der Waals surface area contributed by atoms with Gasteiger partial charge in [0, 0.05) is 26.4 Å². The molecule has 0 aliphatic heterocycles. The summed E-state index contributed by atoms with van der Waals surface area (Å²) in [7, 11) is 0. The minimum absolute atomic E-state index is 0.946. The zero-order chi connectivity index (χ0) is 12.6. The van der Waals surface area contributed by atoms with Crippen LogP contribution in [0.2, 0.25) is 0 Å². The average Bonchev–Trinajstić information content (AvgIpc) is 2.35. The van der Waals surface area contributed by atoms with Gasteiger partial charge in [0.1, 0.15) is 0 Å². The summed E-state index contributed by atoms with van der Waals surface area (Å²) >= 11 is 0. The molecule has 0 aromatic heterocycles. The first-order valence-corrected chi connectivity index (χ1v) is 7.57. The van der Waals surface area contributed by atoms with Crippen LogP contribution < -0.4 is 0 Å². The summed E-state index contributed by atoms with van der Waals surface area (Å²) in [6, 6.07) is 0. The summed E-state index contributed by atoms with van der Waals surface area (Å²) in [4.78, 5) is 0. The van der Waals surface area contributed by atoms with E-state index in [0.29, 0.717) is 0 Å². The van der Waals surface area contributed by atoms with Crippen molar-refractivity contribution in [1.29, 1.82) is 0 Å². The van der Waals surface area contributed by atoms with Gasteiger partial charge in [0.25, 0.3) is 0 Å². The van der Waals surface area contributed by atoms with E-state index in [2.05, 4.69) is 13.8 Å². The van der Waals surface area contributed by atoms with Crippen molar-refractivity contribution in [3.05, 3.63) is 0 Å². The molecule has 0 N–H and O–H groups in total. The monoisotopic (exact) mass is 244 g/mol. The van der Waals surface area contributed by atoms with Gasteiger partial charge in [-0.05, 0) is 25.7 Å². The van der Waals surface area contributed by atoms with Crippen LogP contribution in [-0.4, -0.2) is 26.4 Å². The molecule has 2 heteroatoms. The summed E-state index contributed by atoms with van der Waals surface area (Å²) in [5, 5.41) is 0. The molecular formula is C15H32O2. The fourth-order valence-electron chi connectivity index (χ4n) is 1.64. The number of hydrogen-bond acceptors (Lipinski definition) is 2. The minimum Gasteiger partial charge on any atom is -0.381 e. The van der Waals surface area contributed by atoms with E-state index in [0.717, 1.165) is 26.4 Å². The third-order valence-corrected chi connectivity index (χ3v) is 2.86.